The largest absolute Gasteiger partial charge is 0.426 e. The fourth-order valence-electron chi connectivity index (χ4n) is 4.76. The van der Waals surface area contributed by atoms with Crippen LogP contribution in [0.15, 0.2) is 36.4 Å². The Kier molecular flexibility index (Phi) is 9.45. The number of rotatable bonds is 6. The third-order valence-electron chi connectivity index (χ3n) is 7.08. The molecule has 2 heterocycles. The summed E-state index contributed by atoms with van der Waals surface area (Å²) in [7, 11) is 1.63. The molecule has 0 spiro atoms. The molecule has 9 heteroatoms. The van der Waals surface area contributed by atoms with E-state index in [1.54, 1.807) is 25.3 Å². The number of carbonyl (C=O) groups is 2. The molecule has 0 bridgehead atoms. The van der Waals surface area contributed by atoms with E-state index in [4.69, 9.17) is 14.2 Å². The lowest BCUT2D eigenvalue weighted by Gasteiger charge is -2.25. The summed E-state index contributed by atoms with van der Waals surface area (Å²) in [5.74, 6) is -0.316. The maximum absolute atomic E-state index is 15.1. The first-order valence-corrected chi connectivity index (χ1v) is 13.0. The fraction of sp³-hybridized carbons (Fsp3) is 0.483. The molecule has 2 N–H and O–H groups in total. The van der Waals surface area contributed by atoms with Crippen LogP contribution in [0.3, 0.4) is 0 Å². The number of nitrogens with zero attached hydrogens (tertiary/aromatic N) is 1. The second-order valence-electron chi connectivity index (χ2n) is 10.0. The van der Waals surface area contributed by atoms with Gasteiger partial charge in [0.2, 0.25) is 0 Å². The van der Waals surface area contributed by atoms with Crippen molar-refractivity contribution in [3.63, 3.8) is 0 Å². The minimum Gasteiger partial charge on any atom is -0.426 e. The molecule has 0 saturated carbocycles. The van der Waals surface area contributed by atoms with Crippen LogP contribution in [0.5, 0.6) is 5.75 Å². The normalized spacial score (nSPS) is 22.9. The average Bonchev–Trinajstić information content (AvgIpc) is 2.87. The number of amides is 1. The highest BCUT2D eigenvalue weighted by molar-refractivity contribution is 5.81. The number of nitrogens with one attached hydrogen (secondary N) is 2. The van der Waals surface area contributed by atoms with Gasteiger partial charge in [0.25, 0.3) is 5.91 Å². The lowest BCUT2D eigenvalue weighted by Crippen LogP contribution is -2.49. The number of nitriles is 1. The molecule has 0 aromatic heterocycles. The predicted molar refractivity (Wildman–Crippen MR) is 139 cm³/mol. The molecule has 202 valence electrons. The molecule has 4 atom stereocenters. The van der Waals surface area contributed by atoms with Crippen LogP contribution in [0.4, 0.5) is 4.39 Å². The standard InChI is InChI=1S/C29H34FN3O5/c1-18-3-4-22-12-19(7-8-26(22)38-28(34)11-18)20-5-6-21(25(30)14-20)13-23(15-31)33-29(35)27-17-32-16-24(36-2)9-10-37-27/h5-8,12,14,18,23-24,27,32H,3-4,9-11,13,16-17H2,1-2H3,(H,33,35). The molecule has 4 rings (SSSR count). The summed E-state index contributed by atoms with van der Waals surface area (Å²) < 4.78 is 31.6. The Labute approximate surface area is 222 Å². The topological polar surface area (TPSA) is 110 Å². The van der Waals surface area contributed by atoms with E-state index < -0.39 is 23.9 Å². The number of aryl methyl sites for hydroxylation is 1. The molecule has 1 saturated heterocycles. The lowest BCUT2D eigenvalue weighted by molar-refractivity contribution is -0.136. The molecule has 2 aromatic rings. The van der Waals surface area contributed by atoms with Crippen molar-refractivity contribution in [3.8, 4) is 22.9 Å². The Hall–Kier alpha value is -3.32. The highest BCUT2D eigenvalue weighted by atomic mass is 19.1. The smallest absolute Gasteiger partial charge is 0.311 e. The highest BCUT2D eigenvalue weighted by Gasteiger charge is 2.25. The van der Waals surface area contributed by atoms with Gasteiger partial charge in [-0.3, -0.25) is 9.59 Å². The SMILES string of the molecule is COC1CCOC(C(=O)NC(C#N)Cc2ccc(-c3ccc4c(c3)CCC(C)CC(=O)O4)cc2F)CNC1. The first kappa shape index (κ1) is 27.7. The van der Waals surface area contributed by atoms with Crippen molar-refractivity contribution in [3.05, 3.63) is 53.3 Å². The number of esters is 1. The van der Waals surface area contributed by atoms with E-state index in [0.717, 1.165) is 24.0 Å². The molecule has 38 heavy (non-hydrogen) atoms. The van der Waals surface area contributed by atoms with Crippen LogP contribution in [0.1, 0.15) is 37.3 Å². The van der Waals surface area contributed by atoms with Crippen molar-refractivity contribution in [1.82, 2.24) is 10.6 Å². The molecular formula is C29H34FN3O5. The van der Waals surface area contributed by atoms with Crippen LogP contribution in [-0.4, -0.2) is 56.9 Å². The first-order chi connectivity index (χ1) is 18.4. The van der Waals surface area contributed by atoms with Crippen LogP contribution in [0.2, 0.25) is 0 Å². The van der Waals surface area contributed by atoms with E-state index in [-0.39, 0.29) is 24.4 Å². The zero-order chi connectivity index (χ0) is 27.1. The van der Waals surface area contributed by atoms with E-state index in [1.807, 2.05) is 19.1 Å². The van der Waals surface area contributed by atoms with Gasteiger partial charge in [0.05, 0.1) is 18.8 Å². The van der Waals surface area contributed by atoms with E-state index in [0.29, 0.717) is 49.4 Å². The van der Waals surface area contributed by atoms with Gasteiger partial charge in [-0.15, -0.1) is 0 Å². The summed E-state index contributed by atoms with van der Waals surface area (Å²) >= 11 is 0. The quantitative estimate of drug-likeness (QED) is 0.442. The van der Waals surface area contributed by atoms with E-state index in [9.17, 15) is 14.9 Å². The number of fused-ring (bicyclic) bond motifs is 1. The highest BCUT2D eigenvalue weighted by Crippen LogP contribution is 2.31. The molecule has 1 fully saturated rings. The number of hydrogen-bond donors (Lipinski definition) is 2. The van der Waals surface area contributed by atoms with Crippen LogP contribution in [-0.2, 0) is 31.9 Å². The number of methoxy groups -OCH3 is 1. The molecule has 0 radical (unpaired) electrons. The lowest BCUT2D eigenvalue weighted by atomic mass is 9.93. The predicted octanol–water partition coefficient (Wildman–Crippen LogP) is 3.31. The zero-order valence-corrected chi connectivity index (χ0v) is 21.8. The minimum absolute atomic E-state index is 0.0217. The van der Waals surface area contributed by atoms with Gasteiger partial charge in [-0.1, -0.05) is 25.1 Å². The Balaban J connectivity index is 1.41. The van der Waals surface area contributed by atoms with Crippen LogP contribution in [0, 0.1) is 23.1 Å². The van der Waals surface area contributed by atoms with Gasteiger partial charge in [-0.2, -0.15) is 5.26 Å². The van der Waals surface area contributed by atoms with E-state index in [1.165, 1.54) is 6.07 Å². The van der Waals surface area contributed by atoms with Crippen molar-refractivity contribution in [2.75, 3.05) is 26.8 Å². The third kappa shape index (κ3) is 7.16. The molecule has 8 nitrogen and oxygen atoms in total. The Bertz CT molecular complexity index is 1190. The van der Waals surface area contributed by atoms with Gasteiger partial charge in [-0.05, 0) is 65.6 Å². The summed E-state index contributed by atoms with van der Waals surface area (Å²) in [5, 5.41) is 15.4. The Morgan fingerprint density at radius 2 is 2.03 bits per heavy atom. The second kappa shape index (κ2) is 13.0. The monoisotopic (exact) mass is 523 g/mol. The number of halogens is 1. The minimum atomic E-state index is -0.906. The molecule has 2 aromatic carbocycles. The van der Waals surface area contributed by atoms with Gasteiger partial charge in [0.15, 0.2) is 0 Å². The maximum atomic E-state index is 15.1. The number of benzene rings is 2. The molecule has 2 aliphatic heterocycles. The first-order valence-electron chi connectivity index (χ1n) is 13.0. The van der Waals surface area contributed by atoms with Crippen molar-refractivity contribution in [2.24, 2.45) is 5.92 Å². The molecule has 1 amide bonds. The second-order valence-corrected chi connectivity index (χ2v) is 10.0. The van der Waals surface area contributed by atoms with Crippen LogP contribution >= 0.6 is 0 Å². The summed E-state index contributed by atoms with van der Waals surface area (Å²) in [6.07, 6.45) is 2.01. The zero-order valence-electron chi connectivity index (χ0n) is 21.8. The van der Waals surface area contributed by atoms with Gasteiger partial charge in [-0.25, -0.2) is 4.39 Å². The van der Waals surface area contributed by atoms with Crippen molar-refractivity contribution in [1.29, 1.82) is 5.26 Å². The van der Waals surface area contributed by atoms with Crippen LogP contribution in [0.25, 0.3) is 11.1 Å². The Morgan fingerprint density at radius 1 is 1.24 bits per heavy atom. The summed E-state index contributed by atoms with van der Waals surface area (Å²) in [5.41, 5.74) is 2.74. The fourth-order valence-corrected chi connectivity index (χ4v) is 4.76. The summed E-state index contributed by atoms with van der Waals surface area (Å²) in [6.45, 7) is 3.30. The van der Waals surface area contributed by atoms with Crippen molar-refractivity contribution in [2.45, 2.75) is 57.3 Å². The van der Waals surface area contributed by atoms with Gasteiger partial charge in [0.1, 0.15) is 23.7 Å². The molecule has 4 unspecified atom stereocenters. The number of hydrogen-bond acceptors (Lipinski definition) is 7. The van der Waals surface area contributed by atoms with E-state index >= 15 is 4.39 Å². The maximum Gasteiger partial charge on any atom is 0.311 e. The number of ether oxygens (including phenoxy) is 3. The summed E-state index contributed by atoms with van der Waals surface area (Å²) in [6, 6.07) is 11.5. The Morgan fingerprint density at radius 3 is 2.79 bits per heavy atom. The van der Waals surface area contributed by atoms with Gasteiger partial charge < -0.3 is 24.8 Å². The van der Waals surface area contributed by atoms with Gasteiger partial charge >= 0.3 is 5.97 Å². The van der Waals surface area contributed by atoms with Crippen molar-refractivity contribution < 1.29 is 28.2 Å². The van der Waals surface area contributed by atoms with Gasteiger partial charge in [0, 0.05) is 33.0 Å². The molecule has 2 aliphatic rings. The molecule has 0 aliphatic carbocycles. The van der Waals surface area contributed by atoms with Crippen molar-refractivity contribution >= 4 is 11.9 Å². The van der Waals surface area contributed by atoms with E-state index in [2.05, 4.69) is 16.7 Å². The summed E-state index contributed by atoms with van der Waals surface area (Å²) in [4.78, 5) is 24.8. The number of carbonyl (C=O) groups excluding carboxylic acids is 2. The molecular weight excluding hydrogens is 489 g/mol. The van der Waals surface area contributed by atoms with Crippen LogP contribution < -0.4 is 15.4 Å². The average molecular weight is 524 g/mol. The third-order valence-corrected chi connectivity index (χ3v) is 7.08.